The van der Waals surface area contributed by atoms with Crippen LogP contribution in [0.25, 0.3) is 0 Å². The predicted octanol–water partition coefficient (Wildman–Crippen LogP) is 2.04. The fraction of sp³-hybridized carbons (Fsp3) is 0.533. The van der Waals surface area contributed by atoms with Crippen LogP contribution in [0.2, 0.25) is 0 Å². The summed E-state index contributed by atoms with van der Waals surface area (Å²) in [7, 11) is 0. The molecule has 0 aromatic heterocycles. The number of rotatable bonds is 5. The van der Waals surface area contributed by atoms with Crippen LogP contribution < -0.4 is 10.6 Å². The number of hydrogen-bond acceptors (Lipinski definition) is 2. The van der Waals surface area contributed by atoms with E-state index < -0.39 is 0 Å². The Morgan fingerprint density at radius 1 is 1.33 bits per heavy atom. The van der Waals surface area contributed by atoms with Gasteiger partial charge in [-0.25, -0.2) is 0 Å². The lowest BCUT2D eigenvalue weighted by atomic mass is 10.1. The van der Waals surface area contributed by atoms with E-state index in [0.717, 1.165) is 19.4 Å². The molecule has 0 saturated carbocycles. The van der Waals surface area contributed by atoms with Crippen molar-refractivity contribution in [3.63, 3.8) is 0 Å². The molecule has 0 heterocycles. The molecule has 3 heteroatoms. The summed E-state index contributed by atoms with van der Waals surface area (Å²) in [6.07, 6.45) is 2.32. The van der Waals surface area contributed by atoms with Crippen LogP contribution in [0.15, 0.2) is 24.3 Å². The van der Waals surface area contributed by atoms with Gasteiger partial charge in [-0.05, 0) is 24.0 Å². The van der Waals surface area contributed by atoms with Crippen LogP contribution in [0.1, 0.15) is 37.4 Å². The zero-order valence-corrected chi connectivity index (χ0v) is 11.2. The van der Waals surface area contributed by atoms with Crippen LogP contribution in [-0.2, 0) is 11.2 Å². The van der Waals surface area contributed by atoms with E-state index in [1.165, 1.54) is 11.1 Å². The summed E-state index contributed by atoms with van der Waals surface area (Å²) in [4.78, 5) is 11.4. The first kappa shape index (κ1) is 13.1. The number of nitrogens with one attached hydrogen (secondary N) is 2. The monoisotopic (exact) mass is 246 g/mol. The van der Waals surface area contributed by atoms with E-state index in [-0.39, 0.29) is 11.8 Å². The molecule has 1 unspecified atom stereocenters. The van der Waals surface area contributed by atoms with E-state index in [0.29, 0.717) is 12.6 Å². The molecule has 98 valence electrons. The van der Waals surface area contributed by atoms with Crippen LogP contribution >= 0.6 is 0 Å². The van der Waals surface area contributed by atoms with Crippen molar-refractivity contribution in [3.8, 4) is 0 Å². The SMILES string of the molecule is CC(C)C(=O)NCCNC1CCc2ccccc21. The molecule has 1 aliphatic rings. The van der Waals surface area contributed by atoms with Gasteiger partial charge in [0.25, 0.3) is 0 Å². The minimum absolute atomic E-state index is 0.0669. The van der Waals surface area contributed by atoms with E-state index in [9.17, 15) is 4.79 Å². The topological polar surface area (TPSA) is 41.1 Å². The molecule has 0 bridgehead atoms. The summed E-state index contributed by atoms with van der Waals surface area (Å²) in [6, 6.07) is 9.06. The van der Waals surface area contributed by atoms with Gasteiger partial charge in [0.2, 0.25) is 5.91 Å². The highest BCUT2D eigenvalue weighted by molar-refractivity contribution is 5.77. The molecular weight excluding hydrogens is 224 g/mol. The van der Waals surface area contributed by atoms with E-state index >= 15 is 0 Å². The summed E-state index contributed by atoms with van der Waals surface area (Å²) in [6.45, 7) is 5.36. The smallest absolute Gasteiger partial charge is 0.222 e. The summed E-state index contributed by atoms with van der Waals surface area (Å²) >= 11 is 0. The van der Waals surface area contributed by atoms with Crippen LogP contribution in [-0.4, -0.2) is 19.0 Å². The molecule has 0 saturated heterocycles. The second-order valence-electron chi connectivity index (χ2n) is 5.19. The molecule has 0 spiro atoms. The van der Waals surface area contributed by atoms with E-state index in [4.69, 9.17) is 0 Å². The van der Waals surface area contributed by atoms with Crippen LogP contribution in [0.4, 0.5) is 0 Å². The molecule has 1 atom stereocenters. The summed E-state index contributed by atoms with van der Waals surface area (Å²) in [5.41, 5.74) is 2.88. The van der Waals surface area contributed by atoms with Crippen molar-refractivity contribution in [2.24, 2.45) is 5.92 Å². The number of hydrogen-bond donors (Lipinski definition) is 2. The van der Waals surface area contributed by atoms with Gasteiger partial charge in [-0.2, -0.15) is 0 Å². The third-order valence-corrected chi connectivity index (χ3v) is 3.47. The lowest BCUT2D eigenvalue weighted by molar-refractivity contribution is -0.123. The van der Waals surface area contributed by atoms with Crippen molar-refractivity contribution in [1.82, 2.24) is 10.6 Å². The van der Waals surface area contributed by atoms with Gasteiger partial charge in [-0.1, -0.05) is 38.1 Å². The number of amides is 1. The summed E-state index contributed by atoms with van der Waals surface area (Å²) < 4.78 is 0. The molecule has 0 aliphatic heterocycles. The number of benzene rings is 1. The third-order valence-electron chi connectivity index (χ3n) is 3.47. The van der Waals surface area contributed by atoms with Gasteiger partial charge in [-0.3, -0.25) is 4.79 Å². The maximum absolute atomic E-state index is 11.4. The maximum atomic E-state index is 11.4. The van der Waals surface area contributed by atoms with Gasteiger partial charge in [0.15, 0.2) is 0 Å². The van der Waals surface area contributed by atoms with Crippen LogP contribution in [0.3, 0.4) is 0 Å². The first-order chi connectivity index (χ1) is 8.68. The molecule has 0 fully saturated rings. The number of carbonyl (C=O) groups is 1. The predicted molar refractivity (Wildman–Crippen MR) is 73.4 cm³/mol. The summed E-state index contributed by atoms with van der Waals surface area (Å²) in [5, 5.41) is 6.45. The highest BCUT2D eigenvalue weighted by Gasteiger charge is 2.20. The maximum Gasteiger partial charge on any atom is 0.222 e. The van der Waals surface area contributed by atoms with E-state index in [1.807, 2.05) is 13.8 Å². The highest BCUT2D eigenvalue weighted by Crippen LogP contribution is 2.30. The molecule has 0 radical (unpaired) electrons. The van der Waals surface area contributed by atoms with Gasteiger partial charge in [0, 0.05) is 25.0 Å². The minimum atomic E-state index is 0.0669. The van der Waals surface area contributed by atoms with Crippen molar-refractivity contribution in [3.05, 3.63) is 35.4 Å². The van der Waals surface area contributed by atoms with Gasteiger partial charge < -0.3 is 10.6 Å². The van der Waals surface area contributed by atoms with Crippen LogP contribution in [0, 0.1) is 5.92 Å². The molecule has 18 heavy (non-hydrogen) atoms. The second kappa shape index (κ2) is 6.01. The first-order valence-corrected chi connectivity index (χ1v) is 6.77. The number of fused-ring (bicyclic) bond motifs is 1. The van der Waals surface area contributed by atoms with Crippen molar-refractivity contribution in [1.29, 1.82) is 0 Å². The molecule has 1 aromatic rings. The first-order valence-electron chi connectivity index (χ1n) is 6.77. The Kier molecular flexibility index (Phi) is 4.37. The molecule has 2 rings (SSSR count). The van der Waals surface area contributed by atoms with Gasteiger partial charge >= 0.3 is 0 Å². The van der Waals surface area contributed by atoms with Gasteiger partial charge in [-0.15, -0.1) is 0 Å². The Morgan fingerprint density at radius 3 is 2.89 bits per heavy atom. The molecule has 1 aliphatic carbocycles. The zero-order valence-electron chi connectivity index (χ0n) is 11.2. The van der Waals surface area contributed by atoms with Gasteiger partial charge in [0.05, 0.1) is 0 Å². The normalized spacial score (nSPS) is 17.8. The molecule has 1 aromatic carbocycles. The lowest BCUT2D eigenvalue weighted by Gasteiger charge is -2.14. The number of aryl methyl sites for hydroxylation is 1. The fourth-order valence-corrected chi connectivity index (χ4v) is 2.41. The van der Waals surface area contributed by atoms with E-state index in [2.05, 4.69) is 34.9 Å². The molecule has 3 nitrogen and oxygen atoms in total. The van der Waals surface area contributed by atoms with E-state index in [1.54, 1.807) is 0 Å². The average Bonchev–Trinajstić information content (AvgIpc) is 2.77. The lowest BCUT2D eigenvalue weighted by Crippen LogP contribution is -2.35. The Labute approximate surface area is 109 Å². The Bertz CT molecular complexity index is 415. The van der Waals surface area contributed by atoms with Crippen molar-refractivity contribution in [2.75, 3.05) is 13.1 Å². The Balaban J connectivity index is 1.74. The van der Waals surface area contributed by atoms with Crippen molar-refractivity contribution < 1.29 is 4.79 Å². The number of carbonyl (C=O) groups excluding carboxylic acids is 1. The minimum Gasteiger partial charge on any atom is -0.355 e. The standard InChI is InChI=1S/C15H22N2O/c1-11(2)15(18)17-10-9-16-14-8-7-12-5-3-4-6-13(12)14/h3-6,11,14,16H,7-10H2,1-2H3,(H,17,18). The summed E-state index contributed by atoms with van der Waals surface area (Å²) in [5.74, 6) is 0.195. The van der Waals surface area contributed by atoms with Crippen molar-refractivity contribution >= 4 is 5.91 Å². The average molecular weight is 246 g/mol. The third kappa shape index (κ3) is 3.10. The van der Waals surface area contributed by atoms with Crippen LogP contribution in [0.5, 0.6) is 0 Å². The largest absolute Gasteiger partial charge is 0.355 e. The highest BCUT2D eigenvalue weighted by atomic mass is 16.1. The van der Waals surface area contributed by atoms with Gasteiger partial charge in [0.1, 0.15) is 0 Å². The molecule has 1 amide bonds. The molecular formula is C15H22N2O. The quantitative estimate of drug-likeness (QED) is 0.781. The molecule has 2 N–H and O–H groups in total. The Morgan fingerprint density at radius 2 is 2.11 bits per heavy atom. The second-order valence-corrected chi connectivity index (χ2v) is 5.19. The van der Waals surface area contributed by atoms with Crippen molar-refractivity contribution in [2.45, 2.75) is 32.7 Å². The Hall–Kier alpha value is -1.35. The zero-order chi connectivity index (χ0) is 13.0. The fourth-order valence-electron chi connectivity index (χ4n) is 2.41.